The number of sulfonamides is 1. The van der Waals surface area contributed by atoms with Crippen LogP contribution in [0.15, 0.2) is 108 Å². The average molecular weight is 542 g/mol. The second-order valence-electron chi connectivity index (χ2n) is 9.37. The highest BCUT2D eigenvalue weighted by Crippen LogP contribution is 2.26. The predicted octanol–water partition coefficient (Wildman–Crippen LogP) is 5.63. The third kappa shape index (κ3) is 6.72. The van der Waals surface area contributed by atoms with E-state index in [2.05, 4.69) is 10.6 Å². The monoisotopic (exact) mass is 541 g/mol. The highest BCUT2D eigenvalue weighted by molar-refractivity contribution is 7.92. The lowest BCUT2D eigenvalue weighted by molar-refractivity contribution is -0.114. The zero-order valence-corrected chi connectivity index (χ0v) is 22.9. The van der Waals surface area contributed by atoms with E-state index in [4.69, 9.17) is 0 Å². The summed E-state index contributed by atoms with van der Waals surface area (Å²) in [7, 11) is -4.05. The molecule has 0 bridgehead atoms. The van der Waals surface area contributed by atoms with Crippen molar-refractivity contribution in [3.05, 3.63) is 125 Å². The first-order valence-corrected chi connectivity index (χ1v) is 14.0. The standard InChI is InChI=1S/C31H31N3O4S/c1-22-18-23(2)20-26(19-22)34(39(37,38)27-14-8-5-9-15-27)21-30(35)33-29-17-11-10-16-28(29)31(36)32-24(3)25-12-6-4-7-13-25/h4-20,24H,21H2,1-3H3,(H,32,36)(H,33,35)/t24-/m0/s1. The number of rotatable bonds is 9. The van der Waals surface area contributed by atoms with Crippen LogP contribution in [-0.2, 0) is 14.8 Å². The van der Waals surface area contributed by atoms with Crippen molar-refractivity contribution in [1.29, 1.82) is 0 Å². The first-order chi connectivity index (χ1) is 18.6. The molecule has 4 aromatic rings. The first-order valence-electron chi connectivity index (χ1n) is 12.6. The van der Waals surface area contributed by atoms with E-state index in [1.807, 2.05) is 57.2 Å². The lowest BCUT2D eigenvalue weighted by Crippen LogP contribution is -2.38. The first kappa shape index (κ1) is 27.6. The van der Waals surface area contributed by atoms with Crippen LogP contribution < -0.4 is 14.9 Å². The van der Waals surface area contributed by atoms with Gasteiger partial charge in [-0.3, -0.25) is 13.9 Å². The molecule has 0 radical (unpaired) electrons. The maximum Gasteiger partial charge on any atom is 0.264 e. The Kier molecular flexibility index (Phi) is 8.46. The molecule has 0 unspecified atom stereocenters. The van der Waals surface area contributed by atoms with Crippen molar-refractivity contribution >= 4 is 33.2 Å². The molecule has 0 aliphatic rings. The van der Waals surface area contributed by atoms with Gasteiger partial charge in [0.1, 0.15) is 6.54 Å². The number of benzene rings is 4. The molecule has 1 atom stereocenters. The summed E-state index contributed by atoms with van der Waals surface area (Å²) in [6.07, 6.45) is 0. The van der Waals surface area contributed by atoms with E-state index in [0.29, 0.717) is 5.69 Å². The van der Waals surface area contributed by atoms with E-state index in [9.17, 15) is 18.0 Å². The topological polar surface area (TPSA) is 95.6 Å². The van der Waals surface area contributed by atoms with Crippen molar-refractivity contribution in [2.24, 2.45) is 0 Å². The normalized spacial score (nSPS) is 11.9. The molecule has 39 heavy (non-hydrogen) atoms. The predicted molar refractivity (Wildman–Crippen MR) is 154 cm³/mol. The van der Waals surface area contributed by atoms with Gasteiger partial charge in [0.15, 0.2) is 0 Å². The number of amides is 2. The van der Waals surface area contributed by atoms with Gasteiger partial charge in [-0.2, -0.15) is 0 Å². The third-order valence-corrected chi connectivity index (χ3v) is 7.99. The summed E-state index contributed by atoms with van der Waals surface area (Å²) in [6.45, 7) is 5.14. The van der Waals surface area contributed by atoms with E-state index in [1.54, 1.807) is 54.6 Å². The van der Waals surface area contributed by atoms with Crippen LogP contribution >= 0.6 is 0 Å². The number of carbonyl (C=O) groups is 2. The fourth-order valence-corrected chi connectivity index (χ4v) is 5.76. The van der Waals surface area contributed by atoms with E-state index in [1.165, 1.54) is 12.1 Å². The minimum Gasteiger partial charge on any atom is -0.345 e. The van der Waals surface area contributed by atoms with Crippen LogP contribution in [0.2, 0.25) is 0 Å². The molecule has 0 fully saturated rings. The molecule has 4 rings (SSSR count). The summed E-state index contributed by atoms with van der Waals surface area (Å²) in [5, 5.41) is 5.71. The Labute approximate surface area is 229 Å². The highest BCUT2D eigenvalue weighted by atomic mass is 32.2. The van der Waals surface area contributed by atoms with Gasteiger partial charge in [-0.25, -0.2) is 8.42 Å². The summed E-state index contributed by atoms with van der Waals surface area (Å²) in [4.78, 5) is 26.5. The Bertz CT molecular complexity index is 1550. The van der Waals surface area contributed by atoms with Gasteiger partial charge in [0.25, 0.3) is 15.9 Å². The van der Waals surface area contributed by atoms with E-state index >= 15 is 0 Å². The Morgan fingerprint density at radius 2 is 1.36 bits per heavy atom. The molecule has 0 aromatic heterocycles. The molecule has 7 nitrogen and oxygen atoms in total. The lowest BCUT2D eigenvalue weighted by atomic mass is 10.1. The SMILES string of the molecule is Cc1cc(C)cc(N(CC(=O)Nc2ccccc2C(=O)N[C@@H](C)c2ccccc2)S(=O)(=O)c2ccccc2)c1. The van der Waals surface area contributed by atoms with Crippen LogP contribution in [0.3, 0.4) is 0 Å². The molecule has 0 saturated carbocycles. The van der Waals surface area contributed by atoms with Crippen LogP contribution in [-0.4, -0.2) is 26.8 Å². The Balaban J connectivity index is 1.60. The van der Waals surface area contributed by atoms with Gasteiger partial charge in [0.05, 0.1) is 27.9 Å². The molecular weight excluding hydrogens is 510 g/mol. The quantitative estimate of drug-likeness (QED) is 0.287. The van der Waals surface area contributed by atoms with Crippen molar-refractivity contribution in [1.82, 2.24) is 5.32 Å². The molecule has 2 N–H and O–H groups in total. The fourth-order valence-electron chi connectivity index (χ4n) is 4.34. The van der Waals surface area contributed by atoms with Gasteiger partial charge in [0, 0.05) is 0 Å². The minimum absolute atomic E-state index is 0.0756. The number of hydrogen-bond acceptors (Lipinski definition) is 4. The molecule has 2 amide bonds. The number of hydrogen-bond donors (Lipinski definition) is 2. The molecular formula is C31H31N3O4S. The lowest BCUT2D eigenvalue weighted by Gasteiger charge is -2.25. The molecule has 0 heterocycles. The number of anilines is 2. The Hall–Kier alpha value is -4.43. The largest absolute Gasteiger partial charge is 0.345 e. The Morgan fingerprint density at radius 1 is 0.795 bits per heavy atom. The number of para-hydroxylation sites is 1. The number of aryl methyl sites for hydroxylation is 2. The van der Waals surface area contributed by atoms with E-state index in [0.717, 1.165) is 21.0 Å². The zero-order chi connectivity index (χ0) is 28.0. The summed E-state index contributed by atoms with van der Waals surface area (Å²) in [6, 6.07) is 29.3. The van der Waals surface area contributed by atoms with Crippen LogP contribution in [0.25, 0.3) is 0 Å². The Morgan fingerprint density at radius 3 is 2.00 bits per heavy atom. The average Bonchev–Trinajstić information content (AvgIpc) is 2.92. The maximum atomic E-state index is 13.7. The van der Waals surface area contributed by atoms with Gasteiger partial charge in [-0.05, 0) is 73.9 Å². The van der Waals surface area contributed by atoms with Crippen molar-refractivity contribution in [3.63, 3.8) is 0 Å². The van der Waals surface area contributed by atoms with Gasteiger partial charge in [-0.1, -0.05) is 66.7 Å². The highest BCUT2D eigenvalue weighted by Gasteiger charge is 2.28. The molecule has 0 aliphatic carbocycles. The number of nitrogens with one attached hydrogen (secondary N) is 2. The third-order valence-electron chi connectivity index (χ3n) is 6.21. The molecule has 4 aromatic carbocycles. The van der Waals surface area contributed by atoms with Crippen molar-refractivity contribution < 1.29 is 18.0 Å². The van der Waals surface area contributed by atoms with Gasteiger partial charge >= 0.3 is 0 Å². The van der Waals surface area contributed by atoms with Crippen molar-refractivity contribution in [2.75, 3.05) is 16.2 Å². The van der Waals surface area contributed by atoms with Crippen molar-refractivity contribution in [3.8, 4) is 0 Å². The van der Waals surface area contributed by atoms with E-state index in [-0.39, 0.29) is 28.1 Å². The smallest absolute Gasteiger partial charge is 0.264 e. The molecule has 200 valence electrons. The minimum atomic E-state index is -4.05. The molecule has 0 saturated heterocycles. The van der Waals surface area contributed by atoms with Crippen LogP contribution in [0.5, 0.6) is 0 Å². The van der Waals surface area contributed by atoms with Gasteiger partial charge < -0.3 is 10.6 Å². The van der Waals surface area contributed by atoms with Crippen LogP contribution in [0.4, 0.5) is 11.4 Å². The molecule has 0 spiro atoms. The molecule has 0 aliphatic heterocycles. The second kappa shape index (κ2) is 12.0. The van der Waals surface area contributed by atoms with E-state index < -0.39 is 22.5 Å². The maximum absolute atomic E-state index is 13.7. The summed E-state index contributed by atoms with van der Waals surface area (Å²) in [5.41, 5.74) is 3.63. The fraction of sp³-hybridized carbons (Fsp3) is 0.161. The zero-order valence-electron chi connectivity index (χ0n) is 22.1. The number of carbonyl (C=O) groups excluding carboxylic acids is 2. The summed E-state index contributed by atoms with van der Waals surface area (Å²) in [5.74, 6) is -0.935. The van der Waals surface area contributed by atoms with Gasteiger partial charge in [-0.15, -0.1) is 0 Å². The molecule has 8 heteroatoms. The van der Waals surface area contributed by atoms with Crippen LogP contribution in [0.1, 0.15) is 40.0 Å². The van der Waals surface area contributed by atoms with Gasteiger partial charge in [0.2, 0.25) is 5.91 Å². The summed E-state index contributed by atoms with van der Waals surface area (Å²) >= 11 is 0. The summed E-state index contributed by atoms with van der Waals surface area (Å²) < 4.78 is 28.4. The number of nitrogens with zero attached hydrogens (tertiary/aromatic N) is 1. The second-order valence-corrected chi connectivity index (χ2v) is 11.2. The van der Waals surface area contributed by atoms with Crippen LogP contribution in [0, 0.1) is 13.8 Å². The van der Waals surface area contributed by atoms with Crippen molar-refractivity contribution in [2.45, 2.75) is 31.7 Å².